The highest BCUT2D eigenvalue weighted by molar-refractivity contribution is 5.82. The van der Waals surface area contributed by atoms with Gasteiger partial charge in [0.1, 0.15) is 12.3 Å². The van der Waals surface area contributed by atoms with Crippen LogP contribution in [0, 0.1) is 13.8 Å². The fourth-order valence-electron chi connectivity index (χ4n) is 1.60. The van der Waals surface area contributed by atoms with Gasteiger partial charge in [0, 0.05) is 0 Å². The van der Waals surface area contributed by atoms with Gasteiger partial charge in [-0.3, -0.25) is 9.59 Å². The van der Waals surface area contributed by atoms with E-state index in [4.69, 9.17) is 9.47 Å². The van der Waals surface area contributed by atoms with E-state index in [2.05, 4.69) is 5.32 Å². The first-order chi connectivity index (χ1) is 9.04. The molecular formula is C14H19NO4. The van der Waals surface area contributed by atoms with Crippen molar-refractivity contribution in [2.45, 2.75) is 20.8 Å². The minimum Gasteiger partial charge on any atom is -0.483 e. The molecule has 1 aromatic rings. The number of carbonyl (C=O) groups excluding carboxylic acids is 2. The number of carbonyl (C=O) groups is 2. The Kier molecular flexibility index (Phi) is 5.85. The number of hydrogen-bond donors (Lipinski definition) is 1. The van der Waals surface area contributed by atoms with Gasteiger partial charge in [-0.1, -0.05) is 18.2 Å². The maximum atomic E-state index is 11.5. The zero-order valence-electron chi connectivity index (χ0n) is 11.5. The number of ether oxygens (including phenoxy) is 2. The summed E-state index contributed by atoms with van der Waals surface area (Å²) in [7, 11) is 0. The number of amides is 1. The Hall–Kier alpha value is -2.04. The topological polar surface area (TPSA) is 64.6 Å². The van der Waals surface area contributed by atoms with Crippen LogP contribution in [0.15, 0.2) is 18.2 Å². The molecule has 0 aliphatic heterocycles. The molecule has 1 aromatic carbocycles. The molecule has 0 bridgehead atoms. The summed E-state index contributed by atoms with van der Waals surface area (Å²) in [5.74, 6) is -0.104. The molecule has 1 amide bonds. The first kappa shape index (κ1) is 15.0. The standard InChI is InChI=1S/C14H19NO4/c1-4-18-13(17)8-15-12(16)9-19-14-10(2)6-5-7-11(14)3/h5-7H,4,8-9H2,1-3H3,(H,15,16). The summed E-state index contributed by atoms with van der Waals surface area (Å²) in [5, 5.41) is 2.44. The Morgan fingerprint density at radius 2 is 1.84 bits per heavy atom. The van der Waals surface area contributed by atoms with Gasteiger partial charge < -0.3 is 14.8 Å². The highest BCUT2D eigenvalue weighted by Crippen LogP contribution is 2.21. The molecule has 104 valence electrons. The van der Waals surface area contributed by atoms with Crippen molar-refractivity contribution in [1.29, 1.82) is 0 Å². The molecule has 0 saturated carbocycles. The summed E-state index contributed by atoms with van der Waals surface area (Å²) in [5.41, 5.74) is 1.94. The Bertz CT molecular complexity index is 437. The second-order valence-corrected chi connectivity index (χ2v) is 4.09. The molecule has 0 atom stereocenters. The maximum absolute atomic E-state index is 11.5. The largest absolute Gasteiger partial charge is 0.483 e. The smallest absolute Gasteiger partial charge is 0.325 e. The van der Waals surface area contributed by atoms with Crippen LogP contribution in [0.4, 0.5) is 0 Å². The van der Waals surface area contributed by atoms with E-state index in [1.165, 1.54) is 0 Å². The summed E-state index contributed by atoms with van der Waals surface area (Å²) in [6.45, 7) is 5.59. The van der Waals surface area contributed by atoms with Crippen LogP contribution in [-0.2, 0) is 14.3 Å². The quantitative estimate of drug-likeness (QED) is 0.789. The average molecular weight is 265 g/mol. The second kappa shape index (κ2) is 7.41. The van der Waals surface area contributed by atoms with Crippen molar-refractivity contribution >= 4 is 11.9 Å². The third kappa shape index (κ3) is 4.99. The van der Waals surface area contributed by atoms with E-state index in [0.29, 0.717) is 12.4 Å². The Morgan fingerprint density at radius 1 is 1.21 bits per heavy atom. The molecule has 5 heteroatoms. The first-order valence-corrected chi connectivity index (χ1v) is 6.16. The molecule has 0 saturated heterocycles. The van der Waals surface area contributed by atoms with Crippen LogP contribution in [-0.4, -0.2) is 31.6 Å². The molecule has 1 N–H and O–H groups in total. The first-order valence-electron chi connectivity index (χ1n) is 6.16. The van der Waals surface area contributed by atoms with E-state index in [1.54, 1.807) is 6.92 Å². The molecule has 5 nitrogen and oxygen atoms in total. The average Bonchev–Trinajstić information content (AvgIpc) is 2.36. The molecular weight excluding hydrogens is 246 g/mol. The highest BCUT2D eigenvalue weighted by atomic mass is 16.5. The number of rotatable bonds is 6. The van der Waals surface area contributed by atoms with Crippen molar-refractivity contribution in [1.82, 2.24) is 5.32 Å². The lowest BCUT2D eigenvalue weighted by atomic mass is 10.1. The van der Waals surface area contributed by atoms with Crippen molar-refractivity contribution in [3.05, 3.63) is 29.3 Å². The van der Waals surface area contributed by atoms with Crippen LogP contribution in [0.3, 0.4) is 0 Å². The molecule has 0 aliphatic rings. The molecule has 0 radical (unpaired) electrons. The van der Waals surface area contributed by atoms with Crippen LogP contribution in [0.1, 0.15) is 18.1 Å². The summed E-state index contributed by atoms with van der Waals surface area (Å²) < 4.78 is 10.2. The molecule has 0 fully saturated rings. The summed E-state index contributed by atoms with van der Waals surface area (Å²) >= 11 is 0. The normalized spacial score (nSPS) is 9.84. The van der Waals surface area contributed by atoms with Gasteiger partial charge in [-0.2, -0.15) is 0 Å². The molecule has 0 aromatic heterocycles. The number of benzene rings is 1. The summed E-state index contributed by atoms with van der Waals surface area (Å²) in [4.78, 5) is 22.6. The van der Waals surface area contributed by atoms with E-state index in [0.717, 1.165) is 11.1 Å². The third-order valence-corrected chi connectivity index (χ3v) is 2.49. The van der Waals surface area contributed by atoms with Gasteiger partial charge in [0.05, 0.1) is 6.61 Å². The number of hydrogen-bond acceptors (Lipinski definition) is 4. The number of aryl methyl sites for hydroxylation is 2. The van der Waals surface area contributed by atoms with Crippen LogP contribution in [0.5, 0.6) is 5.75 Å². The lowest BCUT2D eigenvalue weighted by Crippen LogP contribution is -2.34. The minimum absolute atomic E-state index is 0.120. The predicted octanol–water partition coefficient (Wildman–Crippen LogP) is 1.36. The maximum Gasteiger partial charge on any atom is 0.325 e. The summed E-state index contributed by atoms with van der Waals surface area (Å²) in [6, 6.07) is 5.76. The Labute approximate surface area is 112 Å². The van der Waals surface area contributed by atoms with E-state index < -0.39 is 5.97 Å². The minimum atomic E-state index is -0.456. The fraction of sp³-hybridized carbons (Fsp3) is 0.429. The van der Waals surface area contributed by atoms with Crippen molar-refractivity contribution in [3.8, 4) is 5.75 Å². The van der Waals surface area contributed by atoms with E-state index in [-0.39, 0.29) is 19.1 Å². The van der Waals surface area contributed by atoms with Crippen molar-refractivity contribution < 1.29 is 19.1 Å². The van der Waals surface area contributed by atoms with Gasteiger partial charge >= 0.3 is 5.97 Å². The molecule has 0 aliphatic carbocycles. The monoisotopic (exact) mass is 265 g/mol. The molecule has 0 spiro atoms. The molecule has 0 heterocycles. The number of para-hydroxylation sites is 1. The molecule has 1 rings (SSSR count). The van der Waals surface area contributed by atoms with Gasteiger partial charge in [-0.05, 0) is 31.9 Å². The van der Waals surface area contributed by atoms with Gasteiger partial charge in [0.15, 0.2) is 6.61 Å². The fourth-order valence-corrected chi connectivity index (χ4v) is 1.60. The van der Waals surface area contributed by atoms with Crippen LogP contribution in [0.2, 0.25) is 0 Å². The number of nitrogens with one attached hydrogen (secondary N) is 1. The highest BCUT2D eigenvalue weighted by Gasteiger charge is 2.09. The van der Waals surface area contributed by atoms with Gasteiger partial charge in [0.25, 0.3) is 5.91 Å². The van der Waals surface area contributed by atoms with Crippen molar-refractivity contribution in [2.75, 3.05) is 19.8 Å². The van der Waals surface area contributed by atoms with Crippen molar-refractivity contribution in [3.63, 3.8) is 0 Å². The molecule has 0 unspecified atom stereocenters. The SMILES string of the molecule is CCOC(=O)CNC(=O)COc1c(C)cccc1C. The predicted molar refractivity (Wildman–Crippen MR) is 71.1 cm³/mol. The second-order valence-electron chi connectivity index (χ2n) is 4.09. The van der Waals surface area contributed by atoms with Gasteiger partial charge in [-0.15, -0.1) is 0 Å². The Balaban J connectivity index is 2.40. The van der Waals surface area contributed by atoms with E-state index in [1.807, 2.05) is 32.0 Å². The van der Waals surface area contributed by atoms with Gasteiger partial charge in [0.2, 0.25) is 0 Å². The Morgan fingerprint density at radius 3 is 2.42 bits per heavy atom. The van der Waals surface area contributed by atoms with Crippen molar-refractivity contribution in [2.24, 2.45) is 0 Å². The lowest BCUT2D eigenvalue weighted by Gasteiger charge is -2.11. The van der Waals surface area contributed by atoms with Crippen LogP contribution in [0.25, 0.3) is 0 Å². The zero-order chi connectivity index (χ0) is 14.3. The number of esters is 1. The summed E-state index contributed by atoms with van der Waals surface area (Å²) in [6.07, 6.45) is 0. The zero-order valence-corrected chi connectivity index (χ0v) is 11.5. The molecule has 19 heavy (non-hydrogen) atoms. The van der Waals surface area contributed by atoms with Crippen LogP contribution < -0.4 is 10.1 Å². The van der Waals surface area contributed by atoms with Crippen LogP contribution >= 0.6 is 0 Å². The van der Waals surface area contributed by atoms with Gasteiger partial charge in [-0.25, -0.2) is 0 Å². The van der Waals surface area contributed by atoms with E-state index in [9.17, 15) is 9.59 Å². The lowest BCUT2D eigenvalue weighted by molar-refractivity contribution is -0.143. The van der Waals surface area contributed by atoms with E-state index >= 15 is 0 Å². The third-order valence-electron chi connectivity index (χ3n) is 2.49.